The molecule has 0 aromatic heterocycles. The minimum Gasteiger partial charge on any atom is -0.380 e. The Bertz CT molecular complexity index is 123. The second-order valence-corrected chi connectivity index (χ2v) is 2.65. The van der Waals surface area contributed by atoms with E-state index in [4.69, 9.17) is 5.11 Å². The number of unbranched alkanes of at least 4 members (excludes halogenated alkanes) is 2. The van der Waals surface area contributed by atoms with E-state index >= 15 is 0 Å². The molecule has 0 aromatic rings. The molecule has 0 saturated heterocycles. The molecule has 0 radical (unpaired) electrons. The van der Waals surface area contributed by atoms with Crippen LogP contribution < -0.4 is 0 Å². The molecule has 0 aliphatic carbocycles. The van der Waals surface area contributed by atoms with Gasteiger partial charge in [0.25, 0.3) is 0 Å². The first-order chi connectivity index (χ1) is 4.81. The first-order valence-electron chi connectivity index (χ1n) is 3.60. The summed E-state index contributed by atoms with van der Waals surface area (Å²) < 4.78 is 0. The summed E-state index contributed by atoms with van der Waals surface area (Å²) >= 11 is 2.94. The number of aliphatic hydroxyl groups is 1. The third-order valence-corrected chi connectivity index (χ3v) is 1.53. The third-order valence-electron chi connectivity index (χ3n) is 1.30. The SMILES string of the molecule is CCCCC[C@@H](O)C#CBr. The maximum absolute atomic E-state index is 9.07. The Kier molecular flexibility index (Phi) is 7.11. The third kappa shape index (κ3) is 6.12. The predicted octanol–water partition coefficient (Wildman–Crippen LogP) is 2.28. The van der Waals surface area contributed by atoms with E-state index in [-0.39, 0.29) is 0 Å². The molecule has 1 atom stereocenters. The second kappa shape index (κ2) is 7.11. The maximum Gasteiger partial charge on any atom is 0.115 e. The van der Waals surface area contributed by atoms with Gasteiger partial charge in [-0.25, -0.2) is 0 Å². The Morgan fingerprint density at radius 2 is 2.20 bits per heavy atom. The normalized spacial score (nSPS) is 11.9. The smallest absolute Gasteiger partial charge is 0.115 e. The molecule has 0 aliphatic rings. The van der Waals surface area contributed by atoms with Crippen LogP contribution in [0.3, 0.4) is 0 Å². The van der Waals surface area contributed by atoms with Gasteiger partial charge in [0, 0.05) is 15.9 Å². The standard InChI is InChI=1S/C8H13BrO/c1-2-3-4-5-8(10)6-7-9/h8,10H,2-5H2,1H3/t8-/m1/s1. The van der Waals surface area contributed by atoms with Gasteiger partial charge in [0.05, 0.1) is 0 Å². The summed E-state index contributed by atoms with van der Waals surface area (Å²) in [5, 5.41) is 9.07. The zero-order valence-corrected chi connectivity index (χ0v) is 7.82. The van der Waals surface area contributed by atoms with Gasteiger partial charge < -0.3 is 5.11 Å². The summed E-state index contributed by atoms with van der Waals surface area (Å²) in [5.74, 6) is 2.63. The second-order valence-electron chi connectivity index (χ2n) is 2.25. The van der Waals surface area contributed by atoms with E-state index in [2.05, 4.69) is 33.6 Å². The molecule has 0 saturated carbocycles. The van der Waals surface area contributed by atoms with Crippen LogP contribution in [0.1, 0.15) is 32.6 Å². The van der Waals surface area contributed by atoms with Crippen LogP contribution in [-0.4, -0.2) is 11.2 Å². The molecule has 0 bridgehead atoms. The van der Waals surface area contributed by atoms with E-state index in [0.717, 1.165) is 12.8 Å². The van der Waals surface area contributed by atoms with E-state index in [0.29, 0.717) is 0 Å². The van der Waals surface area contributed by atoms with Crippen molar-refractivity contribution in [3.63, 3.8) is 0 Å². The van der Waals surface area contributed by atoms with Crippen molar-refractivity contribution in [1.82, 2.24) is 0 Å². The van der Waals surface area contributed by atoms with Gasteiger partial charge in [-0.05, 0) is 17.7 Å². The predicted molar refractivity (Wildman–Crippen MR) is 46.9 cm³/mol. The maximum atomic E-state index is 9.07. The molecule has 58 valence electrons. The Balaban J connectivity index is 3.18. The van der Waals surface area contributed by atoms with Gasteiger partial charge >= 0.3 is 0 Å². The molecular formula is C8H13BrO. The fraction of sp³-hybridized carbons (Fsp3) is 0.750. The van der Waals surface area contributed by atoms with Crippen LogP contribution in [0.15, 0.2) is 0 Å². The largest absolute Gasteiger partial charge is 0.380 e. The topological polar surface area (TPSA) is 20.2 Å². The lowest BCUT2D eigenvalue weighted by Crippen LogP contribution is -2.01. The van der Waals surface area contributed by atoms with Gasteiger partial charge in [-0.1, -0.05) is 25.7 Å². The van der Waals surface area contributed by atoms with Gasteiger partial charge in [0.1, 0.15) is 6.10 Å². The minimum atomic E-state index is -0.439. The number of hydrogen-bond acceptors (Lipinski definition) is 1. The van der Waals surface area contributed by atoms with Crippen molar-refractivity contribution in [2.24, 2.45) is 0 Å². The molecule has 0 aromatic carbocycles. The summed E-state index contributed by atoms with van der Waals surface area (Å²) in [6.07, 6.45) is 3.80. The average Bonchev–Trinajstić information content (AvgIpc) is 1.89. The van der Waals surface area contributed by atoms with Gasteiger partial charge in [0.2, 0.25) is 0 Å². The van der Waals surface area contributed by atoms with Crippen molar-refractivity contribution >= 4 is 15.9 Å². The Morgan fingerprint density at radius 3 is 2.70 bits per heavy atom. The van der Waals surface area contributed by atoms with E-state index in [9.17, 15) is 0 Å². The average molecular weight is 205 g/mol. The van der Waals surface area contributed by atoms with Crippen molar-refractivity contribution < 1.29 is 5.11 Å². The lowest BCUT2D eigenvalue weighted by Gasteiger charge is -1.99. The van der Waals surface area contributed by atoms with Gasteiger partial charge in [-0.3, -0.25) is 0 Å². The molecule has 1 N–H and O–H groups in total. The van der Waals surface area contributed by atoms with Crippen LogP contribution >= 0.6 is 15.9 Å². The summed E-state index contributed by atoms with van der Waals surface area (Å²) in [7, 11) is 0. The molecule has 0 fully saturated rings. The highest BCUT2D eigenvalue weighted by molar-refractivity contribution is 9.12. The fourth-order valence-corrected chi connectivity index (χ4v) is 0.987. The van der Waals surface area contributed by atoms with Crippen molar-refractivity contribution in [3.05, 3.63) is 0 Å². The monoisotopic (exact) mass is 204 g/mol. The fourth-order valence-electron chi connectivity index (χ4n) is 0.723. The zero-order valence-electron chi connectivity index (χ0n) is 6.23. The van der Waals surface area contributed by atoms with Crippen LogP contribution in [0.4, 0.5) is 0 Å². The van der Waals surface area contributed by atoms with E-state index in [1.165, 1.54) is 12.8 Å². The lowest BCUT2D eigenvalue weighted by atomic mass is 10.1. The Labute approximate surface area is 71.0 Å². The van der Waals surface area contributed by atoms with E-state index in [1.54, 1.807) is 0 Å². The Hall–Kier alpha value is 0. The highest BCUT2D eigenvalue weighted by Gasteiger charge is 1.96. The van der Waals surface area contributed by atoms with Gasteiger partial charge in [-0.15, -0.1) is 0 Å². The number of halogens is 1. The van der Waals surface area contributed by atoms with Crippen LogP contribution in [0.2, 0.25) is 0 Å². The first kappa shape index (κ1) is 10.0. The highest BCUT2D eigenvalue weighted by atomic mass is 79.9. The summed E-state index contributed by atoms with van der Waals surface area (Å²) in [4.78, 5) is 2.51. The van der Waals surface area contributed by atoms with Crippen molar-refractivity contribution in [2.45, 2.75) is 38.7 Å². The molecule has 0 rings (SSSR count). The van der Waals surface area contributed by atoms with Crippen LogP contribution in [0.5, 0.6) is 0 Å². The summed E-state index contributed by atoms with van der Waals surface area (Å²) in [6, 6.07) is 0. The molecule has 0 aliphatic heterocycles. The molecule has 10 heavy (non-hydrogen) atoms. The van der Waals surface area contributed by atoms with Crippen molar-refractivity contribution in [1.29, 1.82) is 0 Å². The molecule has 0 heterocycles. The van der Waals surface area contributed by atoms with Gasteiger partial charge in [0.15, 0.2) is 0 Å². The molecule has 0 amide bonds. The van der Waals surface area contributed by atoms with Crippen molar-refractivity contribution in [3.8, 4) is 10.8 Å². The van der Waals surface area contributed by atoms with Crippen LogP contribution in [-0.2, 0) is 0 Å². The number of aliphatic hydroxyl groups excluding tert-OH is 1. The molecule has 1 nitrogen and oxygen atoms in total. The highest BCUT2D eigenvalue weighted by Crippen LogP contribution is 2.02. The quantitative estimate of drug-likeness (QED) is 0.551. The lowest BCUT2D eigenvalue weighted by molar-refractivity contribution is 0.217. The van der Waals surface area contributed by atoms with Crippen molar-refractivity contribution in [2.75, 3.05) is 0 Å². The van der Waals surface area contributed by atoms with Gasteiger partial charge in [-0.2, -0.15) is 0 Å². The van der Waals surface area contributed by atoms with Crippen LogP contribution in [0, 0.1) is 10.8 Å². The Morgan fingerprint density at radius 1 is 1.50 bits per heavy atom. The molecule has 0 unspecified atom stereocenters. The summed E-state index contributed by atoms with van der Waals surface area (Å²) in [6.45, 7) is 2.14. The molecular weight excluding hydrogens is 192 g/mol. The minimum absolute atomic E-state index is 0.439. The van der Waals surface area contributed by atoms with E-state index in [1.807, 2.05) is 0 Å². The van der Waals surface area contributed by atoms with E-state index < -0.39 is 6.10 Å². The number of rotatable bonds is 4. The molecule has 2 heteroatoms. The first-order valence-corrected chi connectivity index (χ1v) is 4.39. The summed E-state index contributed by atoms with van der Waals surface area (Å²) in [5.41, 5.74) is 0. The van der Waals surface area contributed by atoms with Crippen LogP contribution in [0.25, 0.3) is 0 Å². The zero-order chi connectivity index (χ0) is 7.82. The number of hydrogen-bond donors (Lipinski definition) is 1. The molecule has 0 spiro atoms.